The molecule has 0 aliphatic heterocycles. The van der Waals surface area contributed by atoms with E-state index in [0.717, 1.165) is 18.0 Å². The van der Waals surface area contributed by atoms with Gasteiger partial charge in [-0.25, -0.2) is 0 Å². The second-order valence-electron chi connectivity index (χ2n) is 5.44. The lowest BCUT2D eigenvalue weighted by Crippen LogP contribution is -2.36. The summed E-state index contributed by atoms with van der Waals surface area (Å²) < 4.78 is 0. The number of rotatable bonds is 9. The van der Waals surface area contributed by atoms with Crippen LogP contribution in [-0.2, 0) is 16.1 Å². The highest BCUT2D eigenvalue weighted by Gasteiger charge is 2.20. The van der Waals surface area contributed by atoms with E-state index in [1.54, 1.807) is 0 Å². The zero-order chi connectivity index (χ0) is 14.9. The standard InChI is InChI=1S/C16H23N3O2.ClH/c20-15(19-11-13-4-2-1-3-5-13)8-9-18-16(21)12-17-10-14-6-7-14;/h1-5,14,17H,6-12H2,(H,18,21)(H,19,20);1H. The Morgan fingerprint density at radius 2 is 1.77 bits per heavy atom. The van der Waals surface area contributed by atoms with Crippen molar-refractivity contribution in [1.29, 1.82) is 0 Å². The summed E-state index contributed by atoms with van der Waals surface area (Å²) in [4.78, 5) is 23.1. The Bertz CT molecular complexity index is 464. The van der Waals surface area contributed by atoms with Crippen LogP contribution >= 0.6 is 12.4 Å². The molecule has 1 fully saturated rings. The highest BCUT2D eigenvalue weighted by molar-refractivity contribution is 5.85. The number of carbonyl (C=O) groups excluding carboxylic acids is 2. The third-order valence-electron chi connectivity index (χ3n) is 3.42. The van der Waals surface area contributed by atoms with Crippen molar-refractivity contribution in [1.82, 2.24) is 16.0 Å². The maximum Gasteiger partial charge on any atom is 0.233 e. The lowest BCUT2D eigenvalue weighted by molar-refractivity contribution is -0.122. The van der Waals surface area contributed by atoms with Crippen LogP contribution in [0.4, 0.5) is 0 Å². The highest BCUT2D eigenvalue weighted by atomic mass is 35.5. The molecule has 6 heteroatoms. The van der Waals surface area contributed by atoms with Gasteiger partial charge in [-0.2, -0.15) is 0 Å². The normalized spacial score (nSPS) is 13.1. The van der Waals surface area contributed by atoms with Crippen molar-refractivity contribution in [3.63, 3.8) is 0 Å². The minimum atomic E-state index is -0.0508. The summed E-state index contributed by atoms with van der Waals surface area (Å²) in [7, 11) is 0. The first-order valence-corrected chi connectivity index (χ1v) is 7.52. The Hall–Kier alpha value is -1.59. The fraction of sp³-hybridized carbons (Fsp3) is 0.500. The molecule has 2 amide bonds. The molecule has 1 aliphatic rings. The van der Waals surface area contributed by atoms with E-state index < -0.39 is 0 Å². The number of benzene rings is 1. The second-order valence-corrected chi connectivity index (χ2v) is 5.44. The fourth-order valence-electron chi connectivity index (χ4n) is 1.97. The van der Waals surface area contributed by atoms with Crippen LogP contribution in [0, 0.1) is 5.92 Å². The van der Waals surface area contributed by atoms with Crippen LogP contribution in [0.2, 0.25) is 0 Å². The number of carbonyl (C=O) groups is 2. The van der Waals surface area contributed by atoms with Crippen LogP contribution in [-0.4, -0.2) is 31.4 Å². The van der Waals surface area contributed by atoms with Gasteiger partial charge in [0, 0.05) is 19.5 Å². The molecule has 0 unspecified atom stereocenters. The van der Waals surface area contributed by atoms with Gasteiger partial charge in [0.15, 0.2) is 0 Å². The lowest BCUT2D eigenvalue weighted by atomic mass is 10.2. The van der Waals surface area contributed by atoms with Crippen LogP contribution in [0.3, 0.4) is 0 Å². The Labute approximate surface area is 137 Å². The number of nitrogens with one attached hydrogen (secondary N) is 3. The molecule has 0 saturated heterocycles. The van der Waals surface area contributed by atoms with E-state index in [0.29, 0.717) is 26.1 Å². The summed E-state index contributed by atoms with van der Waals surface area (Å²) in [6.07, 6.45) is 2.85. The van der Waals surface area contributed by atoms with E-state index in [9.17, 15) is 9.59 Å². The molecular formula is C16H24ClN3O2. The first-order valence-electron chi connectivity index (χ1n) is 7.52. The molecule has 3 N–H and O–H groups in total. The molecule has 0 atom stereocenters. The van der Waals surface area contributed by atoms with Gasteiger partial charge < -0.3 is 16.0 Å². The summed E-state index contributed by atoms with van der Waals surface area (Å²) >= 11 is 0. The Balaban J connectivity index is 0.00000242. The fourth-order valence-corrected chi connectivity index (χ4v) is 1.97. The minimum Gasteiger partial charge on any atom is -0.354 e. The molecule has 1 aromatic carbocycles. The van der Waals surface area contributed by atoms with Gasteiger partial charge in [0.05, 0.1) is 6.54 Å². The average molecular weight is 326 g/mol. The van der Waals surface area contributed by atoms with E-state index in [1.807, 2.05) is 30.3 Å². The molecule has 1 aromatic rings. The van der Waals surface area contributed by atoms with Crippen molar-refractivity contribution in [3.05, 3.63) is 35.9 Å². The van der Waals surface area contributed by atoms with Crippen LogP contribution < -0.4 is 16.0 Å². The maximum absolute atomic E-state index is 11.6. The Morgan fingerprint density at radius 3 is 2.45 bits per heavy atom. The second kappa shape index (κ2) is 10.2. The molecule has 2 rings (SSSR count). The van der Waals surface area contributed by atoms with Gasteiger partial charge >= 0.3 is 0 Å². The van der Waals surface area contributed by atoms with Crippen molar-refractivity contribution in [2.24, 2.45) is 5.92 Å². The van der Waals surface area contributed by atoms with Gasteiger partial charge in [-0.3, -0.25) is 9.59 Å². The SMILES string of the molecule is Cl.O=C(CCNC(=O)CNCC1CC1)NCc1ccccc1. The van der Waals surface area contributed by atoms with Crippen molar-refractivity contribution in [2.45, 2.75) is 25.8 Å². The molecule has 22 heavy (non-hydrogen) atoms. The minimum absolute atomic E-state index is 0. The molecular weight excluding hydrogens is 302 g/mol. The monoisotopic (exact) mass is 325 g/mol. The van der Waals surface area contributed by atoms with Gasteiger partial charge in [0.25, 0.3) is 0 Å². The molecule has 1 aliphatic carbocycles. The first-order chi connectivity index (χ1) is 10.2. The predicted molar refractivity (Wildman–Crippen MR) is 88.8 cm³/mol. The molecule has 5 nitrogen and oxygen atoms in total. The number of halogens is 1. The van der Waals surface area contributed by atoms with E-state index in [2.05, 4.69) is 16.0 Å². The van der Waals surface area contributed by atoms with E-state index >= 15 is 0 Å². The highest BCUT2D eigenvalue weighted by Crippen LogP contribution is 2.27. The molecule has 0 spiro atoms. The van der Waals surface area contributed by atoms with E-state index in [1.165, 1.54) is 12.8 Å². The predicted octanol–water partition coefficient (Wildman–Crippen LogP) is 1.23. The smallest absolute Gasteiger partial charge is 0.233 e. The van der Waals surface area contributed by atoms with Crippen molar-refractivity contribution < 1.29 is 9.59 Å². The summed E-state index contributed by atoms with van der Waals surface area (Å²) in [5.41, 5.74) is 1.07. The third-order valence-corrected chi connectivity index (χ3v) is 3.42. The summed E-state index contributed by atoms with van der Waals surface area (Å²) in [5, 5.41) is 8.70. The molecule has 1 saturated carbocycles. The van der Waals surface area contributed by atoms with Crippen LogP contribution in [0.25, 0.3) is 0 Å². The Morgan fingerprint density at radius 1 is 1.05 bits per heavy atom. The van der Waals surface area contributed by atoms with Gasteiger partial charge in [-0.1, -0.05) is 30.3 Å². The molecule has 122 valence electrons. The van der Waals surface area contributed by atoms with Gasteiger partial charge in [-0.15, -0.1) is 12.4 Å². The molecule has 0 heterocycles. The molecule has 0 aromatic heterocycles. The maximum atomic E-state index is 11.6. The summed E-state index contributed by atoms with van der Waals surface area (Å²) in [6, 6.07) is 9.76. The van der Waals surface area contributed by atoms with Crippen molar-refractivity contribution in [2.75, 3.05) is 19.6 Å². The largest absolute Gasteiger partial charge is 0.354 e. The number of amides is 2. The molecule has 0 bridgehead atoms. The lowest BCUT2D eigenvalue weighted by Gasteiger charge is -2.07. The number of hydrogen-bond donors (Lipinski definition) is 3. The quantitative estimate of drug-likeness (QED) is 0.639. The van der Waals surface area contributed by atoms with Crippen molar-refractivity contribution in [3.8, 4) is 0 Å². The zero-order valence-electron chi connectivity index (χ0n) is 12.6. The zero-order valence-corrected chi connectivity index (χ0v) is 13.5. The van der Waals surface area contributed by atoms with Crippen LogP contribution in [0.1, 0.15) is 24.8 Å². The topological polar surface area (TPSA) is 70.2 Å². The summed E-state index contributed by atoms with van der Waals surface area (Å²) in [5.74, 6) is 0.665. The molecule has 0 radical (unpaired) electrons. The van der Waals surface area contributed by atoms with Gasteiger partial charge in [0.2, 0.25) is 11.8 Å². The van der Waals surface area contributed by atoms with Gasteiger partial charge in [-0.05, 0) is 30.9 Å². The third kappa shape index (κ3) is 8.00. The van der Waals surface area contributed by atoms with E-state index in [4.69, 9.17) is 0 Å². The summed E-state index contributed by atoms with van der Waals surface area (Å²) in [6.45, 7) is 2.16. The average Bonchev–Trinajstić information content (AvgIpc) is 3.30. The van der Waals surface area contributed by atoms with Gasteiger partial charge in [0.1, 0.15) is 0 Å². The first kappa shape index (κ1) is 18.5. The van der Waals surface area contributed by atoms with Crippen LogP contribution in [0.15, 0.2) is 30.3 Å². The van der Waals surface area contributed by atoms with Crippen molar-refractivity contribution >= 4 is 24.2 Å². The Kier molecular flexibility index (Phi) is 8.55. The van der Waals surface area contributed by atoms with Crippen LogP contribution in [0.5, 0.6) is 0 Å². The number of hydrogen-bond acceptors (Lipinski definition) is 3. The van der Waals surface area contributed by atoms with E-state index in [-0.39, 0.29) is 24.2 Å².